The molecule has 3 nitrogen and oxygen atoms in total. The molecule has 0 radical (unpaired) electrons. The molecule has 2 rings (SSSR count). The summed E-state index contributed by atoms with van der Waals surface area (Å²) in [7, 11) is 0. The Morgan fingerprint density at radius 2 is 2.21 bits per heavy atom. The number of hydrogen-bond acceptors (Lipinski definition) is 3. The van der Waals surface area contributed by atoms with E-state index in [9.17, 15) is 0 Å². The van der Waals surface area contributed by atoms with Gasteiger partial charge in [-0.1, -0.05) is 27.2 Å². The molecular weight excluding hydrogens is 236 g/mol. The summed E-state index contributed by atoms with van der Waals surface area (Å²) in [5.74, 6) is 2.06. The van der Waals surface area contributed by atoms with Gasteiger partial charge in [0.2, 0.25) is 0 Å². The lowest BCUT2D eigenvalue weighted by Gasteiger charge is -2.31. The molecule has 3 heteroatoms. The standard InChI is InChI=1S/C16H28N2O/c1-4-18(11-14-6-5-7-14)12-16-15(8-9-19-16)10-17-13(2)3/h8-9,13-14,17H,4-7,10-12H2,1-3H3. The van der Waals surface area contributed by atoms with E-state index >= 15 is 0 Å². The van der Waals surface area contributed by atoms with Crippen molar-refractivity contribution in [2.45, 2.75) is 59.2 Å². The predicted molar refractivity (Wildman–Crippen MR) is 79.0 cm³/mol. The summed E-state index contributed by atoms with van der Waals surface area (Å²) in [6.07, 6.45) is 6.07. The van der Waals surface area contributed by atoms with E-state index in [2.05, 4.69) is 37.1 Å². The van der Waals surface area contributed by atoms with E-state index in [1.54, 1.807) is 0 Å². The highest BCUT2D eigenvalue weighted by atomic mass is 16.3. The first-order valence-electron chi connectivity index (χ1n) is 7.70. The zero-order chi connectivity index (χ0) is 13.7. The van der Waals surface area contributed by atoms with Crippen molar-refractivity contribution >= 4 is 0 Å². The van der Waals surface area contributed by atoms with Crippen LogP contribution in [-0.4, -0.2) is 24.0 Å². The summed E-state index contributed by atoms with van der Waals surface area (Å²) < 4.78 is 5.68. The highest BCUT2D eigenvalue weighted by Crippen LogP contribution is 2.27. The Morgan fingerprint density at radius 3 is 2.79 bits per heavy atom. The van der Waals surface area contributed by atoms with Crippen LogP contribution in [-0.2, 0) is 13.1 Å². The Balaban J connectivity index is 1.87. The average molecular weight is 264 g/mol. The Kier molecular flexibility index (Phi) is 5.46. The molecule has 1 aromatic heterocycles. The van der Waals surface area contributed by atoms with Gasteiger partial charge in [-0.05, 0) is 31.4 Å². The number of hydrogen-bond donors (Lipinski definition) is 1. The van der Waals surface area contributed by atoms with Crippen molar-refractivity contribution in [1.82, 2.24) is 10.2 Å². The van der Waals surface area contributed by atoms with Gasteiger partial charge >= 0.3 is 0 Å². The van der Waals surface area contributed by atoms with Gasteiger partial charge < -0.3 is 9.73 Å². The predicted octanol–water partition coefficient (Wildman–Crippen LogP) is 3.40. The van der Waals surface area contributed by atoms with Gasteiger partial charge in [-0.15, -0.1) is 0 Å². The van der Waals surface area contributed by atoms with Crippen LogP contribution >= 0.6 is 0 Å². The average Bonchev–Trinajstić information content (AvgIpc) is 2.76. The molecule has 0 bridgehead atoms. The molecule has 19 heavy (non-hydrogen) atoms. The van der Waals surface area contributed by atoms with Crippen LogP contribution in [0.1, 0.15) is 51.4 Å². The third-order valence-electron chi connectivity index (χ3n) is 4.09. The summed E-state index contributed by atoms with van der Waals surface area (Å²) in [5, 5.41) is 3.46. The second-order valence-electron chi connectivity index (χ2n) is 6.03. The van der Waals surface area contributed by atoms with Gasteiger partial charge in [0.15, 0.2) is 0 Å². The molecule has 0 saturated heterocycles. The van der Waals surface area contributed by atoms with Crippen LogP contribution in [0.2, 0.25) is 0 Å². The van der Waals surface area contributed by atoms with Crippen molar-refractivity contribution in [3.05, 3.63) is 23.7 Å². The van der Waals surface area contributed by atoms with Crippen LogP contribution in [0.15, 0.2) is 16.7 Å². The minimum absolute atomic E-state index is 0.514. The lowest BCUT2D eigenvalue weighted by atomic mass is 9.85. The number of furan rings is 1. The maximum absolute atomic E-state index is 5.68. The molecular formula is C16H28N2O. The van der Waals surface area contributed by atoms with Gasteiger partial charge in [-0.2, -0.15) is 0 Å². The lowest BCUT2D eigenvalue weighted by molar-refractivity contribution is 0.168. The summed E-state index contributed by atoms with van der Waals surface area (Å²) in [4.78, 5) is 2.52. The molecule has 0 unspecified atom stereocenters. The van der Waals surface area contributed by atoms with E-state index < -0.39 is 0 Å². The van der Waals surface area contributed by atoms with Crippen LogP contribution in [0, 0.1) is 5.92 Å². The lowest BCUT2D eigenvalue weighted by Crippen LogP contribution is -2.32. The molecule has 1 N–H and O–H groups in total. The van der Waals surface area contributed by atoms with Crippen molar-refractivity contribution in [3.63, 3.8) is 0 Å². The number of nitrogens with one attached hydrogen (secondary N) is 1. The zero-order valence-corrected chi connectivity index (χ0v) is 12.6. The Labute approximate surface area is 117 Å². The Bertz CT molecular complexity index is 369. The molecule has 1 saturated carbocycles. The van der Waals surface area contributed by atoms with E-state index in [4.69, 9.17) is 4.42 Å². The summed E-state index contributed by atoms with van der Waals surface area (Å²) >= 11 is 0. The molecule has 0 atom stereocenters. The zero-order valence-electron chi connectivity index (χ0n) is 12.6. The highest BCUT2D eigenvalue weighted by Gasteiger charge is 2.21. The van der Waals surface area contributed by atoms with Crippen LogP contribution < -0.4 is 5.32 Å². The number of rotatable bonds is 8. The van der Waals surface area contributed by atoms with Crippen molar-refractivity contribution < 1.29 is 4.42 Å². The number of nitrogens with zero attached hydrogens (tertiary/aromatic N) is 1. The minimum atomic E-state index is 0.514. The first-order valence-corrected chi connectivity index (χ1v) is 7.70. The van der Waals surface area contributed by atoms with Gasteiger partial charge in [0.1, 0.15) is 5.76 Å². The van der Waals surface area contributed by atoms with Gasteiger partial charge in [0.05, 0.1) is 12.8 Å². The molecule has 0 aromatic carbocycles. The summed E-state index contributed by atoms with van der Waals surface area (Å²) in [6, 6.07) is 2.61. The van der Waals surface area contributed by atoms with Crippen molar-refractivity contribution in [2.75, 3.05) is 13.1 Å². The first kappa shape index (κ1) is 14.6. The summed E-state index contributed by atoms with van der Waals surface area (Å²) in [5.41, 5.74) is 1.31. The van der Waals surface area contributed by atoms with Crippen LogP contribution in [0.5, 0.6) is 0 Å². The molecule has 1 fully saturated rings. The molecule has 0 amide bonds. The first-order chi connectivity index (χ1) is 9.19. The Hall–Kier alpha value is -0.800. The van der Waals surface area contributed by atoms with Crippen LogP contribution in [0.25, 0.3) is 0 Å². The van der Waals surface area contributed by atoms with Gasteiger partial charge in [-0.3, -0.25) is 4.90 Å². The Morgan fingerprint density at radius 1 is 1.42 bits per heavy atom. The fraction of sp³-hybridized carbons (Fsp3) is 0.750. The molecule has 108 valence electrons. The topological polar surface area (TPSA) is 28.4 Å². The van der Waals surface area contributed by atoms with Crippen LogP contribution in [0.4, 0.5) is 0 Å². The third-order valence-corrected chi connectivity index (χ3v) is 4.09. The van der Waals surface area contributed by atoms with Gasteiger partial charge in [0.25, 0.3) is 0 Å². The fourth-order valence-corrected chi connectivity index (χ4v) is 2.53. The van der Waals surface area contributed by atoms with Gasteiger partial charge in [-0.25, -0.2) is 0 Å². The van der Waals surface area contributed by atoms with E-state index in [-0.39, 0.29) is 0 Å². The fourth-order valence-electron chi connectivity index (χ4n) is 2.53. The molecule has 0 aliphatic heterocycles. The minimum Gasteiger partial charge on any atom is -0.468 e. The van der Waals surface area contributed by atoms with E-state index in [1.165, 1.54) is 31.4 Å². The van der Waals surface area contributed by atoms with E-state index in [0.717, 1.165) is 31.3 Å². The highest BCUT2D eigenvalue weighted by molar-refractivity contribution is 5.17. The quantitative estimate of drug-likeness (QED) is 0.780. The van der Waals surface area contributed by atoms with E-state index in [0.29, 0.717) is 6.04 Å². The molecule has 1 aliphatic rings. The second-order valence-corrected chi connectivity index (χ2v) is 6.03. The molecule has 1 aromatic rings. The van der Waals surface area contributed by atoms with E-state index in [1.807, 2.05) is 6.26 Å². The SMILES string of the molecule is CCN(Cc1occc1CNC(C)C)CC1CCC1. The van der Waals surface area contributed by atoms with Crippen molar-refractivity contribution in [2.24, 2.45) is 5.92 Å². The monoisotopic (exact) mass is 264 g/mol. The van der Waals surface area contributed by atoms with Crippen LogP contribution in [0.3, 0.4) is 0 Å². The normalized spacial score (nSPS) is 16.3. The summed E-state index contributed by atoms with van der Waals surface area (Å²) in [6.45, 7) is 10.8. The smallest absolute Gasteiger partial charge is 0.122 e. The van der Waals surface area contributed by atoms with Crippen molar-refractivity contribution in [1.29, 1.82) is 0 Å². The van der Waals surface area contributed by atoms with Gasteiger partial charge in [0, 0.05) is 24.7 Å². The third kappa shape index (κ3) is 4.36. The molecule has 0 spiro atoms. The maximum Gasteiger partial charge on any atom is 0.122 e. The van der Waals surface area contributed by atoms with Crippen molar-refractivity contribution in [3.8, 4) is 0 Å². The molecule has 1 heterocycles. The molecule has 1 aliphatic carbocycles. The largest absolute Gasteiger partial charge is 0.468 e. The second kappa shape index (κ2) is 7.11. The maximum atomic E-state index is 5.68.